The lowest BCUT2D eigenvalue weighted by molar-refractivity contribution is 0.0961. The number of amides is 1. The highest BCUT2D eigenvalue weighted by molar-refractivity contribution is 7.22. The van der Waals surface area contributed by atoms with Crippen LogP contribution in [0.5, 0.6) is 5.75 Å². The van der Waals surface area contributed by atoms with Crippen LogP contribution in [-0.4, -0.2) is 34.3 Å². The Hall–Kier alpha value is -3.65. The Morgan fingerprint density at radius 3 is 2.88 bits per heavy atom. The smallest absolute Gasteiger partial charge is 0.295 e. The Morgan fingerprint density at radius 1 is 1.22 bits per heavy atom. The van der Waals surface area contributed by atoms with E-state index in [-0.39, 0.29) is 11.7 Å². The molecule has 1 amide bonds. The van der Waals surface area contributed by atoms with Crippen LogP contribution in [0.1, 0.15) is 21.7 Å². The maximum Gasteiger partial charge on any atom is 0.295 e. The summed E-state index contributed by atoms with van der Waals surface area (Å²) >= 11 is 1.51. The van der Waals surface area contributed by atoms with Crippen molar-refractivity contribution in [2.45, 2.75) is 20.4 Å². The molecular formula is C24H22N4O3S. The van der Waals surface area contributed by atoms with Crippen molar-refractivity contribution >= 4 is 43.6 Å². The fourth-order valence-corrected chi connectivity index (χ4v) is 5.00. The van der Waals surface area contributed by atoms with Crippen LogP contribution in [0, 0.1) is 13.8 Å². The molecule has 7 nitrogen and oxygen atoms in total. The van der Waals surface area contributed by atoms with Crippen molar-refractivity contribution < 1.29 is 13.9 Å². The minimum Gasteiger partial charge on any atom is -0.493 e. The SMILES string of the molecule is COc1cccc2cc(C(=O)N(CCn3cccn3)c3nc4c(C)cc(C)cc4s3)oc12. The molecule has 3 aromatic heterocycles. The van der Waals surface area contributed by atoms with Crippen LogP contribution < -0.4 is 9.64 Å². The second-order valence-corrected chi connectivity index (χ2v) is 8.65. The van der Waals surface area contributed by atoms with Gasteiger partial charge in [0, 0.05) is 24.3 Å². The van der Waals surface area contributed by atoms with E-state index in [1.54, 1.807) is 29.0 Å². The zero-order valence-corrected chi connectivity index (χ0v) is 18.8. The highest BCUT2D eigenvalue weighted by atomic mass is 32.1. The number of anilines is 1. The van der Waals surface area contributed by atoms with E-state index in [2.05, 4.69) is 24.2 Å². The number of para-hydroxylation sites is 1. The molecule has 0 atom stereocenters. The number of aromatic nitrogens is 3. The van der Waals surface area contributed by atoms with Gasteiger partial charge in [0.2, 0.25) is 0 Å². The van der Waals surface area contributed by atoms with Crippen molar-refractivity contribution in [1.29, 1.82) is 0 Å². The number of methoxy groups -OCH3 is 1. The Bertz CT molecular complexity index is 1420. The van der Waals surface area contributed by atoms with Gasteiger partial charge >= 0.3 is 0 Å². The van der Waals surface area contributed by atoms with Crippen LogP contribution in [-0.2, 0) is 6.54 Å². The third-order valence-electron chi connectivity index (χ3n) is 5.35. The molecule has 0 aliphatic rings. The van der Waals surface area contributed by atoms with Crippen LogP contribution in [0.4, 0.5) is 5.13 Å². The third kappa shape index (κ3) is 3.62. The number of ether oxygens (including phenoxy) is 1. The quantitative estimate of drug-likeness (QED) is 0.358. The second-order valence-electron chi connectivity index (χ2n) is 7.64. The molecular weight excluding hydrogens is 424 g/mol. The monoisotopic (exact) mass is 446 g/mol. The van der Waals surface area contributed by atoms with E-state index < -0.39 is 0 Å². The number of aryl methyl sites for hydroxylation is 2. The van der Waals surface area contributed by atoms with Gasteiger partial charge in [-0.1, -0.05) is 29.5 Å². The second kappa shape index (κ2) is 8.12. The molecule has 162 valence electrons. The predicted molar refractivity (Wildman–Crippen MR) is 126 cm³/mol. The number of carbonyl (C=O) groups is 1. The Balaban J connectivity index is 1.56. The van der Waals surface area contributed by atoms with Crippen LogP contribution in [0.25, 0.3) is 21.2 Å². The first kappa shape index (κ1) is 20.3. The first-order valence-electron chi connectivity index (χ1n) is 10.3. The summed E-state index contributed by atoms with van der Waals surface area (Å²) in [7, 11) is 1.58. The highest BCUT2D eigenvalue weighted by Gasteiger charge is 2.25. The van der Waals surface area contributed by atoms with Crippen molar-refractivity contribution in [3.63, 3.8) is 0 Å². The fourth-order valence-electron chi connectivity index (χ4n) is 3.83. The first-order valence-corrected chi connectivity index (χ1v) is 11.1. The van der Waals surface area contributed by atoms with Crippen molar-refractivity contribution in [3.8, 4) is 5.75 Å². The normalized spacial score (nSPS) is 11.3. The average Bonchev–Trinajstić information content (AvgIpc) is 3.52. The van der Waals surface area contributed by atoms with Crippen LogP contribution in [0.2, 0.25) is 0 Å². The molecule has 0 saturated heterocycles. The van der Waals surface area contributed by atoms with E-state index in [1.807, 2.05) is 37.4 Å². The van der Waals surface area contributed by atoms with Crippen molar-refractivity contribution in [2.24, 2.45) is 0 Å². The summed E-state index contributed by atoms with van der Waals surface area (Å²) in [4.78, 5) is 20.1. The number of thiazole rings is 1. The Kier molecular flexibility index (Phi) is 5.14. The van der Waals surface area contributed by atoms with Gasteiger partial charge < -0.3 is 9.15 Å². The minimum atomic E-state index is -0.246. The number of benzene rings is 2. The Morgan fingerprint density at radius 2 is 2.09 bits per heavy atom. The van der Waals surface area contributed by atoms with Crippen LogP contribution in [0.15, 0.2) is 59.3 Å². The molecule has 0 unspecified atom stereocenters. The molecule has 0 N–H and O–H groups in total. The molecule has 0 spiro atoms. The lowest BCUT2D eigenvalue weighted by Crippen LogP contribution is -2.33. The summed E-state index contributed by atoms with van der Waals surface area (Å²) in [5, 5.41) is 5.71. The van der Waals surface area contributed by atoms with Gasteiger partial charge in [0.1, 0.15) is 0 Å². The van der Waals surface area contributed by atoms with Gasteiger partial charge in [-0.25, -0.2) is 4.98 Å². The van der Waals surface area contributed by atoms with E-state index >= 15 is 0 Å². The molecule has 0 aliphatic carbocycles. The van der Waals surface area contributed by atoms with Gasteiger partial charge in [0.15, 0.2) is 22.2 Å². The molecule has 3 heterocycles. The van der Waals surface area contributed by atoms with E-state index in [0.717, 1.165) is 21.2 Å². The van der Waals surface area contributed by atoms with Gasteiger partial charge in [-0.15, -0.1) is 0 Å². The summed E-state index contributed by atoms with van der Waals surface area (Å²) in [6.07, 6.45) is 3.60. The largest absolute Gasteiger partial charge is 0.493 e. The maximum absolute atomic E-state index is 13.6. The molecule has 2 aromatic carbocycles. The van der Waals surface area contributed by atoms with Gasteiger partial charge in [0.25, 0.3) is 5.91 Å². The summed E-state index contributed by atoms with van der Waals surface area (Å²) in [6.45, 7) is 5.05. The molecule has 0 radical (unpaired) electrons. The first-order chi connectivity index (χ1) is 15.5. The van der Waals surface area contributed by atoms with Crippen molar-refractivity contribution in [3.05, 3.63) is 71.7 Å². The zero-order chi connectivity index (χ0) is 22.2. The fraction of sp³-hybridized carbons (Fsp3) is 0.208. The third-order valence-corrected chi connectivity index (χ3v) is 6.37. The molecule has 8 heteroatoms. The van der Waals surface area contributed by atoms with E-state index in [4.69, 9.17) is 14.1 Å². The zero-order valence-electron chi connectivity index (χ0n) is 18.0. The van der Waals surface area contributed by atoms with E-state index in [1.165, 1.54) is 16.9 Å². The molecule has 0 fully saturated rings. The number of rotatable bonds is 6. The minimum absolute atomic E-state index is 0.246. The maximum atomic E-state index is 13.6. The standard InChI is InChI=1S/C24H22N4O3S/c1-15-12-16(2)21-20(13-15)32-24(26-21)28(11-10-27-9-5-8-25-27)23(29)19-14-17-6-4-7-18(30-3)22(17)31-19/h4-9,12-14H,10-11H2,1-3H3. The molecule has 32 heavy (non-hydrogen) atoms. The van der Waals surface area contributed by atoms with Gasteiger partial charge in [-0.05, 0) is 49.2 Å². The highest BCUT2D eigenvalue weighted by Crippen LogP contribution is 2.34. The van der Waals surface area contributed by atoms with E-state index in [0.29, 0.717) is 29.6 Å². The van der Waals surface area contributed by atoms with Crippen molar-refractivity contribution in [1.82, 2.24) is 14.8 Å². The number of hydrogen-bond donors (Lipinski definition) is 0. The van der Waals surface area contributed by atoms with Crippen molar-refractivity contribution in [2.75, 3.05) is 18.6 Å². The lowest BCUT2D eigenvalue weighted by Gasteiger charge is -2.18. The molecule has 5 aromatic rings. The summed E-state index contributed by atoms with van der Waals surface area (Å²) in [5.41, 5.74) is 3.74. The predicted octanol–water partition coefficient (Wildman–Crippen LogP) is 5.21. The van der Waals surface area contributed by atoms with Gasteiger partial charge in [-0.2, -0.15) is 5.10 Å². The molecule has 0 saturated carbocycles. The number of hydrogen-bond acceptors (Lipinski definition) is 6. The summed E-state index contributed by atoms with van der Waals surface area (Å²) in [6, 6.07) is 13.4. The van der Waals surface area contributed by atoms with Gasteiger partial charge in [0.05, 0.1) is 23.9 Å². The molecule has 0 aliphatic heterocycles. The number of furan rings is 1. The van der Waals surface area contributed by atoms with Gasteiger partial charge in [-0.3, -0.25) is 14.4 Å². The Labute approximate surface area is 188 Å². The molecule has 0 bridgehead atoms. The summed E-state index contributed by atoms with van der Waals surface area (Å²) < 4.78 is 14.2. The lowest BCUT2D eigenvalue weighted by atomic mass is 10.1. The van der Waals surface area contributed by atoms with Crippen LogP contribution in [0.3, 0.4) is 0 Å². The number of nitrogens with zero attached hydrogens (tertiary/aromatic N) is 4. The number of fused-ring (bicyclic) bond motifs is 2. The number of carbonyl (C=O) groups excluding carboxylic acids is 1. The average molecular weight is 447 g/mol. The topological polar surface area (TPSA) is 73.4 Å². The van der Waals surface area contributed by atoms with Crippen LogP contribution >= 0.6 is 11.3 Å². The van der Waals surface area contributed by atoms with E-state index in [9.17, 15) is 4.79 Å². The molecule has 5 rings (SSSR count). The summed E-state index contributed by atoms with van der Waals surface area (Å²) in [5.74, 6) is 0.594.